The van der Waals surface area contributed by atoms with E-state index in [-0.39, 0.29) is 0 Å². The maximum atomic E-state index is 3.75. The molecule has 2 unspecified atom stereocenters. The Hall–Kier alpha value is 0.310. The summed E-state index contributed by atoms with van der Waals surface area (Å²) in [6.45, 7) is 5.78. The lowest BCUT2D eigenvalue weighted by molar-refractivity contribution is 0.388. The Morgan fingerprint density at radius 3 is 2.00 bits per heavy atom. The van der Waals surface area contributed by atoms with Crippen molar-refractivity contribution in [1.29, 1.82) is 0 Å². The van der Waals surface area contributed by atoms with Gasteiger partial charge in [0.05, 0.1) is 0 Å². The summed E-state index contributed by atoms with van der Waals surface area (Å²) in [5.74, 6) is 3.71. The van der Waals surface area contributed by atoms with Crippen molar-refractivity contribution in [3.63, 3.8) is 0 Å². The normalized spacial score (nSPS) is 22.0. The highest BCUT2D eigenvalue weighted by Gasteiger charge is 2.26. The van der Waals surface area contributed by atoms with Crippen molar-refractivity contribution >= 4 is 11.8 Å². The number of thioether (sulfide) groups is 1. The molecule has 1 nitrogen and oxygen atoms in total. The molecule has 0 aromatic rings. The van der Waals surface area contributed by atoms with E-state index in [1.54, 1.807) is 0 Å². The van der Waals surface area contributed by atoms with Crippen LogP contribution in [-0.4, -0.2) is 24.1 Å². The minimum Gasteiger partial charge on any atom is -0.313 e. The molecule has 1 heterocycles. The molecule has 2 atom stereocenters. The first kappa shape index (κ1) is 19.4. The molecule has 0 aliphatic carbocycles. The van der Waals surface area contributed by atoms with Gasteiger partial charge in [0, 0.05) is 11.8 Å². The molecule has 0 radical (unpaired) electrons. The van der Waals surface area contributed by atoms with Crippen LogP contribution in [0.5, 0.6) is 0 Å². The second-order valence-electron chi connectivity index (χ2n) is 6.83. The van der Waals surface area contributed by atoms with Crippen molar-refractivity contribution in [2.24, 2.45) is 5.92 Å². The molecule has 126 valence electrons. The van der Waals surface area contributed by atoms with Crippen molar-refractivity contribution in [1.82, 2.24) is 5.32 Å². The monoisotopic (exact) mass is 313 g/mol. The largest absolute Gasteiger partial charge is 0.313 e. The lowest BCUT2D eigenvalue weighted by Gasteiger charge is -2.19. The van der Waals surface area contributed by atoms with Crippen LogP contribution in [0.15, 0.2) is 0 Å². The molecule has 1 rings (SSSR count). The Morgan fingerprint density at radius 1 is 0.762 bits per heavy atom. The minimum atomic E-state index is 0.813. The Bertz CT molecular complexity index is 220. The molecule has 0 bridgehead atoms. The van der Waals surface area contributed by atoms with Crippen molar-refractivity contribution in [2.75, 3.05) is 18.1 Å². The maximum Gasteiger partial charge on any atom is 0.0194 e. The molecule has 0 aromatic carbocycles. The standard InChI is InChI=1S/C19H39NS/c1-3-5-6-7-8-9-10-11-12-13-14-18-16-21-17-19(18)20-15-4-2/h18-20H,3-17H2,1-2H3. The average Bonchev–Trinajstić information content (AvgIpc) is 2.94. The molecule has 0 aromatic heterocycles. The molecule has 1 aliphatic heterocycles. The highest BCUT2D eigenvalue weighted by molar-refractivity contribution is 7.99. The molecule has 2 heteroatoms. The van der Waals surface area contributed by atoms with Crippen LogP contribution < -0.4 is 5.32 Å². The molecule has 0 amide bonds. The summed E-state index contributed by atoms with van der Waals surface area (Å²) >= 11 is 2.16. The first-order valence-corrected chi connectivity index (χ1v) is 10.8. The van der Waals surface area contributed by atoms with E-state index in [1.807, 2.05) is 0 Å². The van der Waals surface area contributed by atoms with Gasteiger partial charge in [0.15, 0.2) is 0 Å². The maximum absolute atomic E-state index is 3.75. The summed E-state index contributed by atoms with van der Waals surface area (Å²) < 4.78 is 0. The molecule has 21 heavy (non-hydrogen) atoms. The highest BCUT2D eigenvalue weighted by atomic mass is 32.2. The van der Waals surface area contributed by atoms with E-state index < -0.39 is 0 Å². The quantitative estimate of drug-likeness (QED) is 0.393. The molecule has 1 N–H and O–H groups in total. The summed E-state index contributed by atoms with van der Waals surface area (Å²) in [6, 6.07) is 0.813. The third-order valence-corrected chi connectivity index (χ3v) is 6.04. The summed E-state index contributed by atoms with van der Waals surface area (Å²) in [5, 5.41) is 3.75. The zero-order chi connectivity index (χ0) is 15.2. The average molecular weight is 314 g/mol. The van der Waals surface area contributed by atoms with E-state index in [4.69, 9.17) is 0 Å². The van der Waals surface area contributed by atoms with Crippen LogP contribution in [0.1, 0.15) is 90.9 Å². The van der Waals surface area contributed by atoms with Crippen molar-refractivity contribution < 1.29 is 0 Å². The zero-order valence-electron chi connectivity index (χ0n) is 14.7. The Kier molecular flexibility index (Phi) is 12.8. The molecule has 1 aliphatic rings. The van der Waals surface area contributed by atoms with Crippen molar-refractivity contribution in [2.45, 2.75) is 96.9 Å². The molecule has 1 saturated heterocycles. The topological polar surface area (TPSA) is 12.0 Å². The van der Waals surface area contributed by atoms with Gasteiger partial charge in [-0.05, 0) is 31.1 Å². The first-order valence-electron chi connectivity index (χ1n) is 9.69. The summed E-state index contributed by atoms with van der Waals surface area (Å²) in [6.07, 6.45) is 17.3. The molecule has 0 spiro atoms. The minimum absolute atomic E-state index is 0.813. The van der Waals surface area contributed by atoms with Gasteiger partial charge in [-0.25, -0.2) is 0 Å². The van der Waals surface area contributed by atoms with E-state index in [2.05, 4.69) is 30.9 Å². The third kappa shape index (κ3) is 9.84. The number of unbranched alkanes of at least 4 members (excludes halogenated alkanes) is 9. The van der Waals surface area contributed by atoms with E-state index in [0.29, 0.717) is 0 Å². The van der Waals surface area contributed by atoms with Gasteiger partial charge < -0.3 is 5.32 Å². The fourth-order valence-electron chi connectivity index (χ4n) is 3.33. The lowest BCUT2D eigenvalue weighted by Crippen LogP contribution is -2.35. The van der Waals surface area contributed by atoms with Crippen LogP contribution in [0, 0.1) is 5.92 Å². The zero-order valence-corrected chi connectivity index (χ0v) is 15.5. The van der Waals surface area contributed by atoms with E-state index in [1.165, 1.54) is 95.1 Å². The number of hydrogen-bond donors (Lipinski definition) is 1. The second-order valence-corrected chi connectivity index (χ2v) is 7.90. The van der Waals surface area contributed by atoms with Gasteiger partial charge in [0.2, 0.25) is 0 Å². The van der Waals surface area contributed by atoms with Crippen molar-refractivity contribution in [3.8, 4) is 0 Å². The number of nitrogens with one attached hydrogen (secondary N) is 1. The number of hydrogen-bond acceptors (Lipinski definition) is 2. The van der Waals surface area contributed by atoms with Crippen LogP contribution in [0.4, 0.5) is 0 Å². The van der Waals surface area contributed by atoms with Gasteiger partial charge >= 0.3 is 0 Å². The first-order chi connectivity index (χ1) is 10.4. The Labute approximate surface area is 138 Å². The van der Waals surface area contributed by atoms with Crippen LogP contribution in [0.2, 0.25) is 0 Å². The fraction of sp³-hybridized carbons (Fsp3) is 1.00. The van der Waals surface area contributed by atoms with Crippen LogP contribution >= 0.6 is 11.8 Å². The van der Waals surface area contributed by atoms with Gasteiger partial charge in [-0.15, -0.1) is 0 Å². The van der Waals surface area contributed by atoms with Gasteiger partial charge in [-0.2, -0.15) is 11.8 Å². The molecule has 0 saturated carbocycles. The van der Waals surface area contributed by atoms with E-state index in [0.717, 1.165) is 12.0 Å². The SMILES string of the molecule is CCCCCCCCCCCCC1CSCC1NCCC. The van der Waals surface area contributed by atoms with Crippen molar-refractivity contribution in [3.05, 3.63) is 0 Å². The van der Waals surface area contributed by atoms with Gasteiger partial charge in [-0.1, -0.05) is 78.1 Å². The Balaban J connectivity index is 1.87. The highest BCUT2D eigenvalue weighted by Crippen LogP contribution is 2.28. The van der Waals surface area contributed by atoms with Gasteiger partial charge in [0.1, 0.15) is 0 Å². The lowest BCUT2D eigenvalue weighted by atomic mass is 9.95. The summed E-state index contributed by atoms with van der Waals surface area (Å²) in [5.41, 5.74) is 0. The van der Waals surface area contributed by atoms with Gasteiger partial charge in [-0.3, -0.25) is 0 Å². The fourth-order valence-corrected chi connectivity index (χ4v) is 4.81. The molecular weight excluding hydrogens is 274 g/mol. The van der Waals surface area contributed by atoms with E-state index >= 15 is 0 Å². The smallest absolute Gasteiger partial charge is 0.0194 e. The van der Waals surface area contributed by atoms with Crippen LogP contribution in [0.25, 0.3) is 0 Å². The summed E-state index contributed by atoms with van der Waals surface area (Å²) in [4.78, 5) is 0. The predicted molar refractivity (Wildman–Crippen MR) is 99.4 cm³/mol. The summed E-state index contributed by atoms with van der Waals surface area (Å²) in [7, 11) is 0. The second kappa shape index (κ2) is 13.9. The Morgan fingerprint density at radius 2 is 1.38 bits per heavy atom. The van der Waals surface area contributed by atoms with E-state index in [9.17, 15) is 0 Å². The molecular formula is C19H39NS. The molecule has 1 fully saturated rings. The van der Waals surface area contributed by atoms with Crippen LogP contribution in [-0.2, 0) is 0 Å². The number of rotatable bonds is 14. The van der Waals surface area contributed by atoms with Crippen LogP contribution in [0.3, 0.4) is 0 Å². The predicted octanol–water partition coefficient (Wildman–Crippen LogP) is 6.03. The van der Waals surface area contributed by atoms with Gasteiger partial charge in [0.25, 0.3) is 0 Å². The third-order valence-electron chi connectivity index (χ3n) is 4.78.